The van der Waals surface area contributed by atoms with E-state index in [0.29, 0.717) is 6.04 Å². The molecular weight excluding hydrogens is 224 g/mol. The van der Waals surface area contributed by atoms with Crippen LogP contribution in [-0.4, -0.2) is 28.1 Å². The summed E-state index contributed by atoms with van der Waals surface area (Å²) in [6, 6.07) is 16.6. The van der Waals surface area contributed by atoms with Crippen LogP contribution in [0.1, 0.15) is 23.3 Å². The molecule has 1 aromatic heterocycles. The van der Waals surface area contributed by atoms with Crippen molar-refractivity contribution in [1.82, 2.24) is 9.88 Å². The van der Waals surface area contributed by atoms with Gasteiger partial charge < -0.3 is 5.11 Å². The highest BCUT2D eigenvalue weighted by Gasteiger charge is 2.41. The third kappa shape index (κ3) is 2.15. The van der Waals surface area contributed by atoms with Crippen LogP contribution in [0, 0.1) is 0 Å². The van der Waals surface area contributed by atoms with Crippen LogP contribution in [0.2, 0.25) is 0 Å². The van der Waals surface area contributed by atoms with Gasteiger partial charge in [0.15, 0.2) is 0 Å². The molecule has 1 aliphatic rings. The minimum absolute atomic E-state index is 0.0817. The summed E-state index contributed by atoms with van der Waals surface area (Å²) in [5.74, 6) is 0. The largest absolute Gasteiger partial charge is 0.394 e. The van der Waals surface area contributed by atoms with Crippen molar-refractivity contribution < 1.29 is 5.11 Å². The molecule has 3 rings (SSSR count). The zero-order valence-corrected chi connectivity index (χ0v) is 10.1. The molecular formula is C15H16N2O. The number of hydrogen-bond acceptors (Lipinski definition) is 3. The molecule has 2 heterocycles. The van der Waals surface area contributed by atoms with Gasteiger partial charge in [0, 0.05) is 12.7 Å². The molecule has 0 saturated carbocycles. The molecule has 1 aliphatic heterocycles. The maximum atomic E-state index is 9.59. The summed E-state index contributed by atoms with van der Waals surface area (Å²) >= 11 is 0. The fourth-order valence-electron chi connectivity index (χ4n) is 2.41. The summed E-state index contributed by atoms with van der Waals surface area (Å²) < 4.78 is 0. The number of pyridine rings is 1. The zero-order chi connectivity index (χ0) is 12.4. The Morgan fingerprint density at radius 1 is 1.17 bits per heavy atom. The number of aromatic nitrogens is 1. The van der Waals surface area contributed by atoms with Gasteiger partial charge in [0.1, 0.15) is 0 Å². The van der Waals surface area contributed by atoms with Crippen LogP contribution in [0.5, 0.6) is 0 Å². The molecule has 3 nitrogen and oxygen atoms in total. The van der Waals surface area contributed by atoms with Crippen molar-refractivity contribution in [3.8, 4) is 0 Å². The van der Waals surface area contributed by atoms with Crippen molar-refractivity contribution in [2.45, 2.75) is 12.1 Å². The zero-order valence-electron chi connectivity index (χ0n) is 10.1. The SMILES string of the molecule is OC[C@@H](c1ccccc1)N1C[C@@H]1c1ccccn1. The Bertz CT molecular complexity index is 500. The van der Waals surface area contributed by atoms with Crippen molar-refractivity contribution in [2.24, 2.45) is 0 Å². The van der Waals surface area contributed by atoms with Gasteiger partial charge in [-0.05, 0) is 17.7 Å². The van der Waals surface area contributed by atoms with Gasteiger partial charge in [-0.2, -0.15) is 0 Å². The molecule has 0 aliphatic carbocycles. The summed E-state index contributed by atoms with van der Waals surface area (Å²) in [6.45, 7) is 1.12. The number of rotatable bonds is 4. The third-order valence-corrected chi connectivity index (χ3v) is 3.44. The van der Waals surface area contributed by atoms with E-state index in [0.717, 1.165) is 12.2 Å². The van der Waals surface area contributed by atoms with Gasteiger partial charge in [0.2, 0.25) is 0 Å². The highest BCUT2D eigenvalue weighted by Crippen LogP contribution is 2.41. The van der Waals surface area contributed by atoms with Crippen LogP contribution in [0.25, 0.3) is 0 Å². The van der Waals surface area contributed by atoms with E-state index < -0.39 is 0 Å². The Morgan fingerprint density at radius 2 is 1.94 bits per heavy atom. The van der Waals surface area contributed by atoms with Crippen molar-refractivity contribution in [1.29, 1.82) is 0 Å². The molecule has 18 heavy (non-hydrogen) atoms. The van der Waals surface area contributed by atoms with Crippen molar-refractivity contribution in [2.75, 3.05) is 13.2 Å². The van der Waals surface area contributed by atoms with Crippen LogP contribution < -0.4 is 0 Å². The lowest BCUT2D eigenvalue weighted by atomic mass is 10.1. The average molecular weight is 240 g/mol. The highest BCUT2D eigenvalue weighted by atomic mass is 16.3. The number of hydrogen-bond donors (Lipinski definition) is 1. The second-order valence-corrected chi connectivity index (χ2v) is 4.58. The first-order chi connectivity index (χ1) is 8.90. The van der Waals surface area contributed by atoms with Crippen molar-refractivity contribution in [3.05, 3.63) is 66.0 Å². The van der Waals surface area contributed by atoms with E-state index in [2.05, 4.69) is 22.0 Å². The topological polar surface area (TPSA) is 36.1 Å². The van der Waals surface area contributed by atoms with Gasteiger partial charge in [-0.3, -0.25) is 9.88 Å². The van der Waals surface area contributed by atoms with Crippen molar-refractivity contribution in [3.63, 3.8) is 0 Å². The lowest BCUT2D eigenvalue weighted by molar-refractivity contribution is 0.200. The Kier molecular flexibility index (Phi) is 3.09. The summed E-state index contributed by atoms with van der Waals surface area (Å²) in [6.07, 6.45) is 1.82. The third-order valence-electron chi connectivity index (χ3n) is 3.44. The first-order valence-corrected chi connectivity index (χ1v) is 6.22. The lowest BCUT2D eigenvalue weighted by Crippen LogP contribution is -2.14. The monoisotopic (exact) mass is 240 g/mol. The van der Waals surface area contributed by atoms with E-state index in [9.17, 15) is 5.11 Å². The van der Waals surface area contributed by atoms with Crippen LogP contribution in [0.3, 0.4) is 0 Å². The quantitative estimate of drug-likeness (QED) is 0.832. The van der Waals surface area contributed by atoms with Crippen LogP contribution in [-0.2, 0) is 0 Å². The summed E-state index contributed by atoms with van der Waals surface area (Å²) in [4.78, 5) is 6.65. The van der Waals surface area contributed by atoms with E-state index in [1.54, 1.807) is 0 Å². The first-order valence-electron chi connectivity index (χ1n) is 6.22. The van der Waals surface area contributed by atoms with E-state index in [4.69, 9.17) is 0 Å². The fraction of sp³-hybridized carbons (Fsp3) is 0.267. The fourth-order valence-corrected chi connectivity index (χ4v) is 2.41. The molecule has 1 N–H and O–H groups in total. The molecule has 3 heteroatoms. The molecule has 0 spiro atoms. The first kappa shape index (κ1) is 11.4. The normalized spacial score (nSPS) is 23.6. The number of benzene rings is 1. The van der Waals surface area contributed by atoms with E-state index in [1.807, 2.05) is 42.6 Å². The van der Waals surface area contributed by atoms with Crippen LogP contribution >= 0.6 is 0 Å². The molecule has 1 fully saturated rings. The Labute approximate surface area is 107 Å². The lowest BCUT2D eigenvalue weighted by Gasteiger charge is -2.16. The predicted molar refractivity (Wildman–Crippen MR) is 70.0 cm³/mol. The molecule has 3 atom stereocenters. The molecule has 1 saturated heterocycles. The minimum atomic E-state index is 0.0817. The summed E-state index contributed by atoms with van der Waals surface area (Å²) in [5.41, 5.74) is 2.25. The number of aliphatic hydroxyl groups excluding tert-OH is 1. The van der Waals surface area contributed by atoms with E-state index in [1.165, 1.54) is 5.56 Å². The molecule has 1 unspecified atom stereocenters. The maximum absolute atomic E-state index is 9.59. The van der Waals surface area contributed by atoms with Gasteiger partial charge in [-0.15, -0.1) is 0 Å². The average Bonchev–Trinajstić information content (AvgIpc) is 3.22. The Balaban J connectivity index is 1.77. The number of aliphatic hydroxyl groups is 1. The minimum Gasteiger partial charge on any atom is -0.394 e. The van der Waals surface area contributed by atoms with Gasteiger partial charge in [0.25, 0.3) is 0 Å². The second kappa shape index (κ2) is 4.88. The second-order valence-electron chi connectivity index (χ2n) is 4.58. The van der Waals surface area contributed by atoms with Gasteiger partial charge >= 0.3 is 0 Å². The number of nitrogens with zero attached hydrogens (tertiary/aromatic N) is 2. The summed E-state index contributed by atoms with van der Waals surface area (Å²) in [5, 5.41) is 9.59. The van der Waals surface area contributed by atoms with Crippen LogP contribution in [0.4, 0.5) is 0 Å². The smallest absolute Gasteiger partial charge is 0.0656 e. The van der Waals surface area contributed by atoms with Gasteiger partial charge in [-0.1, -0.05) is 36.4 Å². The van der Waals surface area contributed by atoms with E-state index >= 15 is 0 Å². The predicted octanol–water partition coefficient (Wildman–Crippen LogP) is 2.17. The van der Waals surface area contributed by atoms with Gasteiger partial charge in [-0.25, -0.2) is 0 Å². The van der Waals surface area contributed by atoms with Gasteiger partial charge in [0.05, 0.1) is 24.4 Å². The standard InChI is InChI=1S/C15H16N2O/c18-11-15(12-6-2-1-3-7-12)17-10-14(17)13-8-4-5-9-16-13/h1-9,14-15,18H,10-11H2/t14-,15+,17?/m1/s1. The molecule has 0 amide bonds. The molecule has 92 valence electrons. The molecule has 1 aromatic carbocycles. The Morgan fingerprint density at radius 3 is 2.61 bits per heavy atom. The Hall–Kier alpha value is -1.71. The highest BCUT2D eigenvalue weighted by molar-refractivity contribution is 5.24. The van der Waals surface area contributed by atoms with E-state index in [-0.39, 0.29) is 12.6 Å². The summed E-state index contributed by atoms with van der Waals surface area (Å²) in [7, 11) is 0. The maximum Gasteiger partial charge on any atom is 0.0656 e. The molecule has 2 aromatic rings. The van der Waals surface area contributed by atoms with Crippen molar-refractivity contribution >= 4 is 0 Å². The van der Waals surface area contributed by atoms with Crippen LogP contribution in [0.15, 0.2) is 54.7 Å². The molecule has 0 radical (unpaired) electrons. The molecule has 0 bridgehead atoms.